The van der Waals surface area contributed by atoms with E-state index in [1.165, 1.54) is 5.56 Å². The maximum absolute atomic E-state index is 5.12. The molecule has 116 valence electrons. The predicted octanol–water partition coefficient (Wildman–Crippen LogP) is 2.49. The third kappa shape index (κ3) is 3.17. The lowest BCUT2D eigenvalue weighted by Gasteiger charge is -2.12. The van der Waals surface area contributed by atoms with E-state index in [1.807, 2.05) is 13.0 Å². The number of hydrogen-bond donors (Lipinski definition) is 1. The summed E-state index contributed by atoms with van der Waals surface area (Å²) in [7, 11) is 2.05. The average molecular weight is 299 g/mol. The van der Waals surface area contributed by atoms with Gasteiger partial charge in [-0.05, 0) is 25.6 Å². The van der Waals surface area contributed by atoms with Crippen LogP contribution in [0.4, 0.5) is 0 Å². The molecule has 0 amide bonds. The zero-order chi connectivity index (χ0) is 15.5. The quantitative estimate of drug-likeness (QED) is 0.757. The highest BCUT2D eigenvalue weighted by Crippen LogP contribution is 2.15. The fraction of sp³-hybridized carbons (Fsp3) is 0.438. The van der Waals surface area contributed by atoms with Gasteiger partial charge in [0.15, 0.2) is 5.82 Å². The van der Waals surface area contributed by atoms with Gasteiger partial charge in [0.25, 0.3) is 0 Å². The van der Waals surface area contributed by atoms with Crippen LogP contribution in [0.5, 0.6) is 0 Å². The highest BCUT2D eigenvalue weighted by molar-refractivity contribution is 5.78. The lowest BCUT2D eigenvalue weighted by atomic mass is 10.2. The largest absolute Gasteiger partial charge is 0.342 e. The standard InChI is InChI=1S/C16H21N5O/c1-4-15-18-14(20-22-15)10-21(3)9-8-13-17-12-7-5-6-11(2)16(12)19-13/h5-7H,4,8-10H2,1-3H3,(H,17,19). The van der Waals surface area contributed by atoms with E-state index in [-0.39, 0.29) is 0 Å². The molecule has 1 aromatic carbocycles. The van der Waals surface area contributed by atoms with E-state index >= 15 is 0 Å². The number of benzene rings is 1. The summed E-state index contributed by atoms with van der Waals surface area (Å²) >= 11 is 0. The van der Waals surface area contributed by atoms with Gasteiger partial charge in [0, 0.05) is 19.4 Å². The number of aromatic amines is 1. The number of rotatable bonds is 6. The van der Waals surface area contributed by atoms with Crippen molar-refractivity contribution in [1.82, 2.24) is 25.0 Å². The highest BCUT2D eigenvalue weighted by Gasteiger charge is 2.09. The zero-order valence-corrected chi connectivity index (χ0v) is 13.3. The van der Waals surface area contributed by atoms with E-state index in [1.54, 1.807) is 0 Å². The number of likely N-dealkylation sites (N-methyl/N-ethyl adjacent to an activating group) is 1. The van der Waals surface area contributed by atoms with Crippen LogP contribution in [0.3, 0.4) is 0 Å². The molecule has 6 heteroatoms. The van der Waals surface area contributed by atoms with Gasteiger partial charge < -0.3 is 9.51 Å². The smallest absolute Gasteiger partial charge is 0.226 e. The Morgan fingerprint density at radius 2 is 2.14 bits per heavy atom. The molecule has 6 nitrogen and oxygen atoms in total. The summed E-state index contributed by atoms with van der Waals surface area (Å²) in [6, 6.07) is 6.20. The summed E-state index contributed by atoms with van der Waals surface area (Å²) < 4.78 is 5.12. The van der Waals surface area contributed by atoms with Crippen LogP contribution >= 0.6 is 0 Å². The Hall–Kier alpha value is -2.21. The molecule has 2 heterocycles. The van der Waals surface area contributed by atoms with Crippen LogP contribution in [0.1, 0.15) is 30.0 Å². The van der Waals surface area contributed by atoms with Crippen molar-refractivity contribution in [1.29, 1.82) is 0 Å². The van der Waals surface area contributed by atoms with E-state index in [0.717, 1.165) is 42.1 Å². The Labute approximate surface area is 129 Å². The second-order valence-corrected chi connectivity index (χ2v) is 5.60. The minimum absolute atomic E-state index is 0.683. The van der Waals surface area contributed by atoms with Crippen LogP contribution in [-0.4, -0.2) is 38.6 Å². The van der Waals surface area contributed by atoms with Gasteiger partial charge in [0.1, 0.15) is 5.82 Å². The summed E-state index contributed by atoms with van der Waals surface area (Å²) in [6.07, 6.45) is 1.64. The molecular weight excluding hydrogens is 278 g/mol. The number of para-hydroxylation sites is 1. The first-order valence-corrected chi connectivity index (χ1v) is 7.60. The van der Waals surface area contributed by atoms with E-state index in [2.05, 4.69) is 51.1 Å². The van der Waals surface area contributed by atoms with Crippen LogP contribution in [-0.2, 0) is 19.4 Å². The number of hydrogen-bond acceptors (Lipinski definition) is 5. The normalized spacial score (nSPS) is 11.6. The number of aromatic nitrogens is 4. The van der Waals surface area contributed by atoms with E-state index in [4.69, 9.17) is 4.52 Å². The van der Waals surface area contributed by atoms with Gasteiger partial charge in [-0.3, -0.25) is 4.90 Å². The molecule has 0 saturated carbocycles. The van der Waals surface area contributed by atoms with Gasteiger partial charge in [0.05, 0.1) is 17.6 Å². The molecule has 0 fully saturated rings. The van der Waals surface area contributed by atoms with Crippen molar-refractivity contribution in [2.45, 2.75) is 33.2 Å². The number of nitrogens with one attached hydrogen (secondary N) is 1. The number of imidazole rings is 1. The summed E-state index contributed by atoms with van der Waals surface area (Å²) in [5.74, 6) is 2.44. The maximum atomic E-state index is 5.12. The number of fused-ring (bicyclic) bond motifs is 1. The Balaban J connectivity index is 1.59. The Kier molecular flexibility index (Phi) is 4.20. The number of nitrogens with zero attached hydrogens (tertiary/aromatic N) is 4. The molecule has 3 rings (SSSR count). The van der Waals surface area contributed by atoms with Crippen molar-refractivity contribution in [2.75, 3.05) is 13.6 Å². The van der Waals surface area contributed by atoms with Crippen molar-refractivity contribution >= 4 is 11.0 Å². The van der Waals surface area contributed by atoms with Crippen LogP contribution in [0.25, 0.3) is 11.0 Å². The second-order valence-electron chi connectivity index (χ2n) is 5.60. The lowest BCUT2D eigenvalue weighted by molar-refractivity contribution is 0.308. The molecule has 0 radical (unpaired) electrons. The minimum atomic E-state index is 0.683. The van der Waals surface area contributed by atoms with Gasteiger partial charge in [-0.1, -0.05) is 24.2 Å². The molecule has 2 aromatic heterocycles. The third-order valence-electron chi connectivity index (χ3n) is 3.72. The topological polar surface area (TPSA) is 70.8 Å². The van der Waals surface area contributed by atoms with Crippen molar-refractivity contribution in [2.24, 2.45) is 0 Å². The van der Waals surface area contributed by atoms with Crippen molar-refractivity contribution < 1.29 is 4.52 Å². The number of H-pyrrole nitrogens is 1. The molecule has 0 bridgehead atoms. The van der Waals surface area contributed by atoms with Crippen LogP contribution < -0.4 is 0 Å². The summed E-state index contributed by atoms with van der Waals surface area (Å²) in [5.41, 5.74) is 3.36. The summed E-state index contributed by atoms with van der Waals surface area (Å²) in [5, 5.41) is 3.98. The zero-order valence-electron chi connectivity index (χ0n) is 13.3. The predicted molar refractivity (Wildman–Crippen MR) is 84.5 cm³/mol. The van der Waals surface area contributed by atoms with Gasteiger partial charge in [0.2, 0.25) is 5.89 Å². The Morgan fingerprint density at radius 3 is 2.86 bits per heavy atom. The van der Waals surface area contributed by atoms with E-state index in [9.17, 15) is 0 Å². The van der Waals surface area contributed by atoms with Gasteiger partial charge in [-0.2, -0.15) is 4.98 Å². The monoisotopic (exact) mass is 299 g/mol. The van der Waals surface area contributed by atoms with Crippen molar-refractivity contribution in [3.05, 3.63) is 41.3 Å². The average Bonchev–Trinajstić information content (AvgIpc) is 3.12. The van der Waals surface area contributed by atoms with Crippen molar-refractivity contribution in [3.8, 4) is 0 Å². The fourth-order valence-corrected chi connectivity index (χ4v) is 2.46. The first-order valence-electron chi connectivity index (χ1n) is 7.60. The first kappa shape index (κ1) is 14.7. The molecule has 3 aromatic rings. The molecule has 0 aliphatic rings. The molecular formula is C16H21N5O. The molecule has 0 unspecified atom stereocenters. The SMILES string of the molecule is CCc1nc(CN(C)CCc2nc3c(C)cccc3[nH]2)no1. The van der Waals surface area contributed by atoms with E-state index < -0.39 is 0 Å². The molecule has 0 saturated heterocycles. The molecule has 0 atom stereocenters. The van der Waals surface area contributed by atoms with Crippen LogP contribution in [0, 0.1) is 6.92 Å². The third-order valence-corrected chi connectivity index (χ3v) is 3.72. The van der Waals surface area contributed by atoms with Crippen LogP contribution in [0.15, 0.2) is 22.7 Å². The Morgan fingerprint density at radius 1 is 1.27 bits per heavy atom. The lowest BCUT2D eigenvalue weighted by Crippen LogP contribution is -2.21. The van der Waals surface area contributed by atoms with Crippen LogP contribution in [0.2, 0.25) is 0 Å². The Bertz CT molecular complexity index is 761. The highest BCUT2D eigenvalue weighted by atomic mass is 16.5. The molecule has 22 heavy (non-hydrogen) atoms. The molecule has 1 N–H and O–H groups in total. The molecule has 0 aliphatic carbocycles. The minimum Gasteiger partial charge on any atom is -0.342 e. The summed E-state index contributed by atoms with van der Waals surface area (Å²) in [6.45, 7) is 5.66. The fourth-order valence-electron chi connectivity index (χ4n) is 2.46. The van der Waals surface area contributed by atoms with Gasteiger partial charge in [-0.15, -0.1) is 0 Å². The van der Waals surface area contributed by atoms with Gasteiger partial charge >= 0.3 is 0 Å². The van der Waals surface area contributed by atoms with E-state index in [0.29, 0.717) is 12.4 Å². The van der Waals surface area contributed by atoms with Gasteiger partial charge in [-0.25, -0.2) is 4.98 Å². The molecule has 0 aliphatic heterocycles. The molecule has 0 spiro atoms. The summed E-state index contributed by atoms with van der Waals surface area (Å²) in [4.78, 5) is 14.6. The van der Waals surface area contributed by atoms with Crippen molar-refractivity contribution in [3.63, 3.8) is 0 Å². The number of aryl methyl sites for hydroxylation is 2. The first-order chi connectivity index (χ1) is 10.7. The maximum Gasteiger partial charge on any atom is 0.226 e. The second kappa shape index (κ2) is 6.27.